The number of benzene rings is 2. The number of hydrogen-bond acceptors (Lipinski definition) is 6. The first-order valence-electron chi connectivity index (χ1n) is 11.2. The van der Waals surface area contributed by atoms with Gasteiger partial charge in [-0.15, -0.1) is 0 Å². The van der Waals surface area contributed by atoms with Gasteiger partial charge in [-0.2, -0.15) is 0 Å². The van der Waals surface area contributed by atoms with Gasteiger partial charge in [0.1, 0.15) is 11.5 Å². The van der Waals surface area contributed by atoms with E-state index in [1.807, 2.05) is 0 Å². The molecule has 0 spiro atoms. The van der Waals surface area contributed by atoms with Crippen LogP contribution in [0.1, 0.15) is 32.4 Å². The molecule has 0 bridgehead atoms. The number of rotatable bonds is 13. The molecule has 0 aliphatic heterocycles. The number of carbonyl (C=O) groups is 1. The van der Waals surface area contributed by atoms with Crippen LogP contribution >= 0.6 is 27.5 Å². The first kappa shape index (κ1) is 29.4. The molecule has 0 heterocycles. The second-order valence-corrected chi connectivity index (χ2v) is 15.9. The van der Waals surface area contributed by atoms with Crippen LogP contribution in [0, 0.1) is 0 Å². The molecule has 0 unspecified atom stereocenters. The summed E-state index contributed by atoms with van der Waals surface area (Å²) in [6, 6.07) is 12.3. The third-order valence-corrected chi connectivity index (χ3v) is 12.2. The molecule has 12 heteroatoms. The van der Waals surface area contributed by atoms with Crippen LogP contribution in [0.15, 0.2) is 40.9 Å². The molecule has 194 valence electrons. The lowest BCUT2D eigenvalue weighted by Gasteiger charge is -2.34. The molecule has 0 aliphatic carbocycles. The number of nitrogens with one attached hydrogen (secondary N) is 2. The van der Waals surface area contributed by atoms with E-state index in [1.54, 1.807) is 24.3 Å². The first-order valence-corrected chi connectivity index (χ1v) is 16.8. The molecule has 0 saturated carbocycles. The highest BCUT2D eigenvalue weighted by molar-refractivity contribution is 9.10. The van der Waals surface area contributed by atoms with Gasteiger partial charge in [-0.05, 0) is 70.0 Å². The fourth-order valence-corrected chi connectivity index (χ4v) is 7.34. The predicted molar refractivity (Wildman–Crippen MR) is 145 cm³/mol. The second kappa shape index (κ2) is 13.0. The van der Waals surface area contributed by atoms with Crippen LogP contribution < -0.4 is 14.8 Å². The minimum absolute atomic E-state index is 0.0529. The van der Waals surface area contributed by atoms with E-state index in [0.29, 0.717) is 16.3 Å². The summed E-state index contributed by atoms with van der Waals surface area (Å²) in [4.78, 5) is 12.5. The zero-order chi connectivity index (χ0) is 26.2. The van der Waals surface area contributed by atoms with Gasteiger partial charge in [-0.1, -0.05) is 38.4 Å². The Balaban J connectivity index is 2.20. The van der Waals surface area contributed by atoms with Gasteiger partial charge in [0, 0.05) is 11.0 Å². The zero-order valence-electron chi connectivity index (χ0n) is 20.2. The number of carbonyl (C=O) groups excluding carboxylic acids is 1. The van der Waals surface area contributed by atoms with Gasteiger partial charge >= 0.3 is 0 Å². The van der Waals surface area contributed by atoms with Crippen molar-refractivity contribution in [2.24, 2.45) is 0 Å². The van der Waals surface area contributed by atoms with E-state index in [2.05, 4.69) is 46.7 Å². The molecule has 1 amide bonds. The number of halogens is 2. The summed E-state index contributed by atoms with van der Waals surface area (Å²) in [5.41, 5.74) is 0.694. The highest BCUT2D eigenvalue weighted by atomic mass is 79.9. The summed E-state index contributed by atoms with van der Waals surface area (Å²) in [6.07, 6.45) is 0.475. The fourth-order valence-electron chi connectivity index (χ4n) is 3.54. The Hall–Kier alpha value is -1.79. The van der Waals surface area contributed by atoms with Crippen LogP contribution in [0.4, 0.5) is 5.69 Å². The molecular weight excluding hydrogens is 576 g/mol. The number of anilines is 1. The maximum absolute atomic E-state index is 12.5. The lowest BCUT2D eigenvalue weighted by Crippen LogP contribution is -2.41. The van der Waals surface area contributed by atoms with Crippen molar-refractivity contribution in [3.8, 4) is 11.5 Å². The van der Waals surface area contributed by atoms with Gasteiger partial charge in [-0.25, -0.2) is 8.42 Å². The highest BCUT2D eigenvalue weighted by Crippen LogP contribution is 2.33. The summed E-state index contributed by atoms with van der Waals surface area (Å²) in [5.74, 6) is -0.0817. The monoisotopic (exact) mass is 606 g/mol. The maximum atomic E-state index is 12.5. The Morgan fingerprint density at radius 1 is 1.14 bits per heavy atom. The van der Waals surface area contributed by atoms with Crippen molar-refractivity contribution < 1.29 is 27.5 Å². The molecule has 1 atom stereocenters. The minimum Gasteiger partial charge on any atom is -0.506 e. The number of phenols is 1. The largest absolute Gasteiger partial charge is 0.506 e. The second-order valence-electron chi connectivity index (χ2n) is 8.17. The molecule has 0 aromatic heterocycles. The number of hydrogen-bond donors (Lipinski definition) is 3. The van der Waals surface area contributed by atoms with Gasteiger partial charge in [-0.3, -0.25) is 9.52 Å². The van der Waals surface area contributed by atoms with E-state index in [-0.39, 0.29) is 30.5 Å². The van der Waals surface area contributed by atoms with Crippen molar-refractivity contribution in [1.29, 1.82) is 0 Å². The molecule has 0 saturated heterocycles. The molecule has 35 heavy (non-hydrogen) atoms. The number of amides is 1. The van der Waals surface area contributed by atoms with Gasteiger partial charge < -0.3 is 19.6 Å². The molecule has 8 nitrogen and oxygen atoms in total. The average Bonchev–Trinajstić information content (AvgIpc) is 2.81. The van der Waals surface area contributed by atoms with Gasteiger partial charge in [0.2, 0.25) is 10.0 Å². The normalized spacial score (nSPS) is 12.7. The van der Waals surface area contributed by atoms with Crippen LogP contribution in [0.25, 0.3) is 0 Å². The van der Waals surface area contributed by atoms with E-state index in [1.165, 1.54) is 12.1 Å². The summed E-state index contributed by atoms with van der Waals surface area (Å²) < 4.78 is 38.7. The van der Waals surface area contributed by atoms with Gasteiger partial charge in [0.15, 0.2) is 14.9 Å². The highest BCUT2D eigenvalue weighted by Gasteiger charge is 2.33. The number of sulfonamides is 1. The number of aromatic hydroxyl groups is 1. The van der Waals surface area contributed by atoms with E-state index < -0.39 is 24.4 Å². The number of phenolic OH excluding ortho intramolecular Hbond substituents is 1. The molecule has 0 aliphatic rings. The minimum atomic E-state index is -3.60. The lowest BCUT2D eigenvalue weighted by atomic mass is 10.1. The Bertz CT molecular complexity index is 1120. The van der Waals surface area contributed by atoms with Crippen molar-refractivity contribution in [2.75, 3.05) is 24.1 Å². The summed E-state index contributed by atoms with van der Waals surface area (Å²) >= 11 is 9.37. The summed E-state index contributed by atoms with van der Waals surface area (Å²) in [6.45, 7) is 6.23. The van der Waals surface area contributed by atoms with Crippen LogP contribution in [-0.2, 0) is 19.2 Å². The molecule has 0 fully saturated rings. The fraction of sp³-hybridized carbons (Fsp3) is 0.435. The van der Waals surface area contributed by atoms with Crippen LogP contribution in [-0.4, -0.2) is 47.2 Å². The van der Waals surface area contributed by atoms with Crippen molar-refractivity contribution in [3.63, 3.8) is 0 Å². The quantitative estimate of drug-likeness (QED) is 0.206. The third-order valence-electron chi connectivity index (χ3n) is 5.76. The smallest absolute Gasteiger partial charge is 0.258 e. The average molecular weight is 608 g/mol. The lowest BCUT2D eigenvalue weighted by molar-refractivity contribution is -0.123. The Morgan fingerprint density at radius 2 is 1.80 bits per heavy atom. The first-order chi connectivity index (χ1) is 16.4. The molecule has 2 aromatic carbocycles. The molecule has 2 rings (SSSR count). The van der Waals surface area contributed by atoms with Crippen molar-refractivity contribution in [3.05, 3.63) is 51.5 Å². The van der Waals surface area contributed by atoms with E-state index in [9.17, 15) is 18.3 Å². The summed E-state index contributed by atoms with van der Waals surface area (Å²) in [7, 11) is -5.70. The number of ether oxygens (including phenoxy) is 1. The Labute approximate surface area is 221 Å². The molecule has 2 aromatic rings. The topological polar surface area (TPSA) is 114 Å². The van der Waals surface area contributed by atoms with Crippen LogP contribution in [0.3, 0.4) is 0 Å². The molecular formula is C23H32BrClN2O6SSi. The van der Waals surface area contributed by atoms with Crippen LogP contribution in [0.2, 0.25) is 23.2 Å². The van der Waals surface area contributed by atoms with Crippen molar-refractivity contribution >= 4 is 57.5 Å². The zero-order valence-corrected chi connectivity index (χ0v) is 24.4. The van der Waals surface area contributed by atoms with E-state index >= 15 is 0 Å². The van der Waals surface area contributed by atoms with Gasteiger partial charge in [0.25, 0.3) is 5.91 Å². The standard InChI is InChI=1S/C23H32BrClN2O6SSi/c1-5-35(6-2,7-3)33-22(16-8-11-21(28)20(12-16)27-34(4,30)31)14-26-23(29)15-32-17-9-10-18(24)19(25)13-17/h8-13,22,27-28H,5-7,14-15H2,1-4H3,(H,26,29)/t22-/m0/s1. The predicted octanol–water partition coefficient (Wildman–Crippen LogP) is 5.44. The maximum Gasteiger partial charge on any atom is 0.258 e. The van der Waals surface area contributed by atoms with Gasteiger partial charge in [0.05, 0.1) is 23.1 Å². The van der Waals surface area contributed by atoms with Crippen LogP contribution in [0.5, 0.6) is 11.5 Å². The molecule has 0 radical (unpaired) electrons. The van der Waals surface area contributed by atoms with Crippen molar-refractivity contribution in [2.45, 2.75) is 45.0 Å². The third kappa shape index (κ3) is 8.98. The Kier molecular flexibility index (Phi) is 10.9. The molecule has 3 N–H and O–H groups in total. The Morgan fingerprint density at radius 3 is 2.37 bits per heavy atom. The van der Waals surface area contributed by atoms with E-state index in [0.717, 1.165) is 28.9 Å². The van der Waals surface area contributed by atoms with E-state index in [4.69, 9.17) is 20.8 Å². The summed E-state index contributed by atoms with van der Waals surface area (Å²) in [5, 5.41) is 13.4. The van der Waals surface area contributed by atoms with Crippen molar-refractivity contribution in [1.82, 2.24) is 5.32 Å². The SMILES string of the molecule is CC[Si](CC)(CC)O[C@@H](CNC(=O)COc1ccc(Br)c(Cl)c1)c1ccc(O)c(NS(C)(=O)=O)c1.